The lowest BCUT2D eigenvalue weighted by Crippen LogP contribution is -2.23. The van der Waals surface area contributed by atoms with Crippen LogP contribution < -0.4 is 5.73 Å². The molecule has 0 bridgehead atoms. The van der Waals surface area contributed by atoms with Gasteiger partial charge in [0.1, 0.15) is 0 Å². The third-order valence-electron chi connectivity index (χ3n) is 1.92. The molecule has 0 aliphatic carbocycles. The van der Waals surface area contributed by atoms with E-state index in [1.165, 1.54) is 0 Å². The summed E-state index contributed by atoms with van der Waals surface area (Å²) in [5.74, 6) is 1.12. The summed E-state index contributed by atoms with van der Waals surface area (Å²) in [5.41, 5.74) is 5.77. The van der Waals surface area contributed by atoms with E-state index in [0.717, 1.165) is 6.42 Å². The molecule has 5 nitrogen and oxygen atoms in total. The second-order valence-electron chi connectivity index (χ2n) is 2.92. The summed E-state index contributed by atoms with van der Waals surface area (Å²) in [6, 6.07) is -0.00940. The van der Waals surface area contributed by atoms with Gasteiger partial charge in [0.2, 0.25) is 0 Å². The summed E-state index contributed by atoms with van der Waals surface area (Å²) in [4.78, 5) is 4.06. The number of nitrogens with two attached hydrogens (primary N) is 1. The molecular formula is C7H11N3O2. The second-order valence-corrected chi connectivity index (χ2v) is 2.92. The number of aromatic nitrogens is 2. The number of aryl methyl sites for hydroxylation is 1. The second kappa shape index (κ2) is 2.84. The molecule has 12 heavy (non-hydrogen) atoms. The van der Waals surface area contributed by atoms with Crippen LogP contribution in [0.4, 0.5) is 0 Å². The average molecular weight is 169 g/mol. The molecule has 0 aromatic carbocycles. The molecule has 1 fully saturated rings. The van der Waals surface area contributed by atoms with Gasteiger partial charge in [-0.05, 0) is 13.3 Å². The summed E-state index contributed by atoms with van der Waals surface area (Å²) in [6.45, 7) is 2.45. The van der Waals surface area contributed by atoms with Crippen LogP contribution in [-0.4, -0.2) is 22.8 Å². The van der Waals surface area contributed by atoms with Crippen molar-refractivity contribution in [3.63, 3.8) is 0 Å². The Morgan fingerprint density at radius 3 is 2.92 bits per heavy atom. The van der Waals surface area contributed by atoms with Gasteiger partial charge in [-0.2, -0.15) is 4.98 Å². The molecule has 66 valence electrons. The van der Waals surface area contributed by atoms with E-state index in [0.29, 0.717) is 18.3 Å². The van der Waals surface area contributed by atoms with Gasteiger partial charge < -0.3 is 15.0 Å². The van der Waals surface area contributed by atoms with Crippen molar-refractivity contribution >= 4 is 0 Å². The predicted molar refractivity (Wildman–Crippen MR) is 40.3 cm³/mol. The molecule has 0 saturated carbocycles. The molecule has 2 rings (SSSR count). The van der Waals surface area contributed by atoms with E-state index >= 15 is 0 Å². The summed E-state index contributed by atoms with van der Waals surface area (Å²) in [7, 11) is 0. The van der Waals surface area contributed by atoms with Crippen LogP contribution in [0.25, 0.3) is 0 Å². The van der Waals surface area contributed by atoms with E-state index in [-0.39, 0.29) is 12.1 Å². The maximum atomic E-state index is 5.77. The Labute approximate surface area is 69.9 Å². The highest BCUT2D eigenvalue weighted by Crippen LogP contribution is 2.25. The van der Waals surface area contributed by atoms with Crippen molar-refractivity contribution in [1.82, 2.24) is 10.1 Å². The van der Waals surface area contributed by atoms with Crippen molar-refractivity contribution in [3.8, 4) is 0 Å². The molecule has 0 amide bonds. The normalized spacial score (nSPS) is 29.5. The van der Waals surface area contributed by atoms with Crippen LogP contribution in [0.15, 0.2) is 4.52 Å². The third-order valence-corrected chi connectivity index (χ3v) is 1.92. The molecule has 2 atom stereocenters. The van der Waals surface area contributed by atoms with Gasteiger partial charge in [0, 0.05) is 12.6 Å². The Balaban J connectivity index is 2.19. The summed E-state index contributed by atoms with van der Waals surface area (Å²) in [6.07, 6.45) is 0.651. The molecule has 1 aliphatic heterocycles. The minimum Gasteiger partial charge on any atom is -0.367 e. The number of nitrogens with zero attached hydrogens (tertiary/aromatic N) is 2. The standard InChI is InChI=1S/C7H11N3O2/c1-4-9-7(12-10-4)6-5(8)2-3-11-6/h5-6H,2-3,8H2,1H3/t5-,6+/m0/s1. The van der Waals surface area contributed by atoms with Crippen LogP contribution in [0.5, 0.6) is 0 Å². The van der Waals surface area contributed by atoms with Gasteiger partial charge in [-0.25, -0.2) is 0 Å². The Hall–Kier alpha value is -0.940. The highest BCUT2D eigenvalue weighted by atomic mass is 16.5. The number of ether oxygens (including phenoxy) is 1. The first kappa shape index (κ1) is 7.70. The number of rotatable bonds is 1. The zero-order valence-electron chi connectivity index (χ0n) is 6.86. The fourth-order valence-electron chi connectivity index (χ4n) is 1.29. The molecule has 1 aromatic rings. The molecule has 0 unspecified atom stereocenters. The lowest BCUT2D eigenvalue weighted by Gasteiger charge is -2.07. The van der Waals surface area contributed by atoms with Crippen molar-refractivity contribution in [1.29, 1.82) is 0 Å². The highest BCUT2D eigenvalue weighted by Gasteiger charge is 2.30. The van der Waals surface area contributed by atoms with Crippen molar-refractivity contribution in [2.24, 2.45) is 5.73 Å². The smallest absolute Gasteiger partial charge is 0.257 e. The van der Waals surface area contributed by atoms with E-state index in [2.05, 4.69) is 10.1 Å². The fourth-order valence-corrected chi connectivity index (χ4v) is 1.29. The first-order valence-corrected chi connectivity index (χ1v) is 3.95. The van der Waals surface area contributed by atoms with Crippen molar-refractivity contribution < 1.29 is 9.26 Å². The quantitative estimate of drug-likeness (QED) is 0.648. The number of hydrogen-bond donors (Lipinski definition) is 1. The van der Waals surface area contributed by atoms with Crippen molar-refractivity contribution in [2.45, 2.75) is 25.5 Å². The minimum atomic E-state index is -0.203. The van der Waals surface area contributed by atoms with Gasteiger partial charge in [-0.1, -0.05) is 5.16 Å². The van der Waals surface area contributed by atoms with Gasteiger partial charge in [-0.3, -0.25) is 0 Å². The van der Waals surface area contributed by atoms with Crippen LogP contribution in [0.2, 0.25) is 0 Å². The van der Waals surface area contributed by atoms with E-state index in [9.17, 15) is 0 Å². The molecule has 5 heteroatoms. The van der Waals surface area contributed by atoms with Crippen LogP contribution in [0, 0.1) is 6.92 Å². The summed E-state index contributed by atoms with van der Waals surface area (Å²) < 4.78 is 10.3. The van der Waals surface area contributed by atoms with E-state index < -0.39 is 0 Å². The van der Waals surface area contributed by atoms with Crippen LogP contribution >= 0.6 is 0 Å². The monoisotopic (exact) mass is 169 g/mol. The summed E-state index contributed by atoms with van der Waals surface area (Å²) in [5, 5.41) is 3.67. The predicted octanol–water partition coefficient (Wildman–Crippen LogP) is 0.167. The molecule has 1 aliphatic rings. The maximum Gasteiger partial charge on any atom is 0.257 e. The molecular weight excluding hydrogens is 158 g/mol. The zero-order valence-corrected chi connectivity index (χ0v) is 6.86. The van der Waals surface area contributed by atoms with Crippen LogP contribution in [0.3, 0.4) is 0 Å². The first-order chi connectivity index (χ1) is 5.77. The summed E-state index contributed by atoms with van der Waals surface area (Å²) >= 11 is 0. The molecule has 1 saturated heterocycles. The largest absolute Gasteiger partial charge is 0.367 e. The Bertz CT molecular complexity index is 273. The first-order valence-electron chi connectivity index (χ1n) is 3.95. The molecule has 1 aromatic heterocycles. The van der Waals surface area contributed by atoms with Gasteiger partial charge in [0.05, 0.1) is 0 Å². The molecule has 2 heterocycles. The van der Waals surface area contributed by atoms with Gasteiger partial charge >= 0.3 is 0 Å². The van der Waals surface area contributed by atoms with Crippen molar-refractivity contribution in [2.75, 3.05) is 6.61 Å². The molecule has 2 N–H and O–H groups in total. The van der Waals surface area contributed by atoms with Crippen LogP contribution in [-0.2, 0) is 4.74 Å². The highest BCUT2D eigenvalue weighted by molar-refractivity contribution is 4.95. The molecule has 0 radical (unpaired) electrons. The topological polar surface area (TPSA) is 74.2 Å². The third kappa shape index (κ3) is 1.21. The van der Waals surface area contributed by atoms with Crippen molar-refractivity contribution in [3.05, 3.63) is 11.7 Å². The lowest BCUT2D eigenvalue weighted by atomic mass is 10.1. The fraction of sp³-hybridized carbons (Fsp3) is 0.714. The maximum absolute atomic E-state index is 5.77. The van der Waals surface area contributed by atoms with E-state index in [1.54, 1.807) is 6.92 Å². The van der Waals surface area contributed by atoms with Crippen LogP contribution in [0.1, 0.15) is 24.2 Å². The SMILES string of the molecule is Cc1noc([C@@H]2OCC[C@@H]2N)n1. The average Bonchev–Trinajstić information content (AvgIpc) is 2.58. The van der Waals surface area contributed by atoms with Gasteiger partial charge in [0.25, 0.3) is 5.89 Å². The number of hydrogen-bond acceptors (Lipinski definition) is 5. The van der Waals surface area contributed by atoms with E-state index in [4.69, 9.17) is 15.0 Å². The van der Waals surface area contributed by atoms with Gasteiger partial charge in [-0.15, -0.1) is 0 Å². The Morgan fingerprint density at radius 2 is 2.42 bits per heavy atom. The van der Waals surface area contributed by atoms with Gasteiger partial charge in [0.15, 0.2) is 11.9 Å². The van der Waals surface area contributed by atoms with E-state index in [1.807, 2.05) is 0 Å². The Kier molecular flexibility index (Phi) is 1.82. The molecule has 0 spiro atoms. The minimum absolute atomic E-state index is 0.00940. The Morgan fingerprint density at radius 1 is 1.58 bits per heavy atom. The lowest BCUT2D eigenvalue weighted by molar-refractivity contribution is 0.0767. The zero-order chi connectivity index (χ0) is 8.55.